The summed E-state index contributed by atoms with van der Waals surface area (Å²) in [5.74, 6) is -3.28. The summed E-state index contributed by atoms with van der Waals surface area (Å²) in [7, 11) is 0. The van der Waals surface area contributed by atoms with E-state index in [-0.39, 0.29) is 53.4 Å². The first kappa shape index (κ1) is 32.9. The van der Waals surface area contributed by atoms with Crippen molar-refractivity contribution in [3.8, 4) is 16.9 Å². The van der Waals surface area contributed by atoms with E-state index in [1.54, 1.807) is 19.1 Å². The monoisotopic (exact) mass is 604 g/mol. The SMILES string of the molecule is C=C/C=C(\C(F)=C/CC1CCC(C)CC1)C1CCC(C(F)(F)Oc2ccc(-c3cc(F)c(CCC)c(F)c3)c(F)c2)CC1. The highest BCUT2D eigenvalue weighted by atomic mass is 19.3. The number of ether oxygens (including phenoxy) is 1. The highest BCUT2D eigenvalue weighted by Crippen LogP contribution is 2.44. The molecule has 7 heteroatoms. The molecule has 234 valence electrons. The van der Waals surface area contributed by atoms with E-state index in [1.165, 1.54) is 31.1 Å². The maximum Gasteiger partial charge on any atom is 0.400 e. The molecule has 0 amide bonds. The molecule has 2 aromatic carbocycles. The zero-order valence-electron chi connectivity index (χ0n) is 25.1. The second-order valence-corrected chi connectivity index (χ2v) is 12.3. The van der Waals surface area contributed by atoms with Gasteiger partial charge in [-0.3, -0.25) is 0 Å². The predicted molar refractivity (Wildman–Crippen MR) is 160 cm³/mol. The number of benzene rings is 2. The molecule has 0 bridgehead atoms. The molecule has 0 unspecified atom stereocenters. The molecule has 2 fully saturated rings. The summed E-state index contributed by atoms with van der Waals surface area (Å²) in [5, 5.41) is 0. The molecule has 0 aromatic heterocycles. The molecule has 0 spiro atoms. The minimum atomic E-state index is -3.58. The summed E-state index contributed by atoms with van der Waals surface area (Å²) >= 11 is 0. The molecule has 0 saturated heterocycles. The van der Waals surface area contributed by atoms with Crippen LogP contribution >= 0.6 is 0 Å². The van der Waals surface area contributed by atoms with Crippen LogP contribution in [0.4, 0.5) is 26.3 Å². The largest absolute Gasteiger partial charge is 0.432 e. The van der Waals surface area contributed by atoms with Crippen molar-refractivity contribution in [2.24, 2.45) is 23.7 Å². The van der Waals surface area contributed by atoms with E-state index in [2.05, 4.69) is 13.5 Å². The van der Waals surface area contributed by atoms with Gasteiger partial charge in [-0.2, -0.15) is 8.78 Å². The molecule has 0 atom stereocenters. The van der Waals surface area contributed by atoms with Gasteiger partial charge in [-0.25, -0.2) is 17.6 Å². The Kier molecular flexibility index (Phi) is 11.2. The summed E-state index contributed by atoms with van der Waals surface area (Å²) in [4.78, 5) is 0. The molecule has 2 aliphatic carbocycles. The fraction of sp³-hybridized carbons (Fsp3) is 0.500. The summed E-state index contributed by atoms with van der Waals surface area (Å²) in [6.07, 6.45) is 8.18. The van der Waals surface area contributed by atoms with E-state index < -0.39 is 29.5 Å². The van der Waals surface area contributed by atoms with Crippen LogP contribution in [-0.4, -0.2) is 6.11 Å². The zero-order valence-corrected chi connectivity index (χ0v) is 25.1. The summed E-state index contributed by atoms with van der Waals surface area (Å²) in [5.41, 5.74) is 0.296. The number of hydrogen-bond donors (Lipinski definition) is 0. The Morgan fingerprint density at radius 1 is 0.930 bits per heavy atom. The third-order valence-electron chi connectivity index (χ3n) is 9.13. The summed E-state index contributed by atoms with van der Waals surface area (Å²) in [6.45, 7) is 7.75. The van der Waals surface area contributed by atoms with Gasteiger partial charge >= 0.3 is 6.11 Å². The predicted octanol–water partition coefficient (Wildman–Crippen LogP) is 11.7. The Balaban J connectivity index is 1.38. The molecule has 1 nitrogen and oxygen atoms in total. The quantitative estimate of drug-likeness (QED) is 0.183. The number of rotatable bonds is 11. The van der Waals surface area contributed by atoms with E-state index in [4.69, 9.17) is 4.74 Å². The molecule has 2 aliphatic rings. The highest BCUT2D eigenvalue weighted by molar-refractivity contribution is 5.65. The van der Waals surface area contributed by atoms with Gasteiger partial charge in [-0.15, -0.1) is 0 Å². The molecule has 43 heavy (non-hydrogen) atoms. The molecule has 2 aromatic rings. The van der Waals surface area contributed by atoms with Gasteiger partial charge in [0.2, 0.25) is 0 Å². The molecular formula is C36H42F6O. The van der Waals surface area contributed by atoms with Crippen molar-refractivity contribution in [3.05, 3.63) is 89.6 Å². The van der Waals surface area contributed by atoms with E-state index >= 15 is 13.2 Å². The molecule has 4 rings (SSSR count). The first-order valence-corrected chi connectivity index (χ1v) is 15.6. The molecular weight excluding hydrogens is 562 g/mol. The second-order valence-electron chi connectivity index (χ2n) is 12.3. The maximum absolute atomic E-state index is 15.3. The van der Waals surface area contributed by atoms with Crippen LogP contribution in [0.2, 0.25) is 0 Å². The van der Waals surface area contributed by atoms with Crippen LogP contribution in [0.25, 0.3) is 11.1 Å². The normalized spacial score (nSPS) is 23.7. The van der Waals surface area contributed by atoms with Crippen LogP contribution in [-0.2, 0) is 6.42 Å². The van der Waals surface area contributed by atoms with Crippen molar-refractivity contribution in [3.63, 3.8) is 0 Å². The molecule has 0 radical (unpaired) electrons. The second kappa shape index (κ2) is 14.7. The smallest absolute Gasteiger partial charge is 0.400 e. The van der Waals surface area contributed by atoms with E-state index in [1.807, 2.05) is 0 Å². The number of allylic oxidation sites excluding steroid dienone is 5. The Morgan fingerprint density at radius 3 is 2.16 bits per heavy atom. The molecule has 0 heterocycles. The lowest BCUT2D eigenvalue weighted by atomic mass is 9.77. The van der Waals surface area contributed by atoms with Crippen LogP contribution in [0.3, 0.4) is 0 Å². The zero-order chi connectivity index (χ0) is 31.1. The summed E-state index contributed by atoms with van der Waals surface area (Å²) in [6, 6.07) is 5.25. The Morgan fingerprint density at radius 2 is 1.58 bits per heavy atom. The standard InChI is InChI=1S/C36H42F6O/c1-4-6-29(32(37)19-12-24-10-8-23(3)9-11-24)25-13-15-27(16-14-25)36(41,42)43-28-17-18-30(35(40)22-28)26-20-33(38)31(7-5-2)34(39)21-26/h4,6,17-25,27H,1,5,7-16H2,2-3H3/b29-6-,32-19+. The van der Waals surface area contributed by atoms with Crippen LogP contribution < -0.4 is 4.74 Å². The maximum atomic E-state index is 15.3. The van der Waals surface area contributed by atoms with Gasteiger partial charge in [0.1, 0.15) is 29.0 Å². The van der Waals surface area contributed by atoms with Gasteiger partial charge in [-0.1, -0.05) is 51.8 Å². The van der Waals surface area contributed by atoms with E-state index in [9.17, 15) is 13.2 Å². The highest BCUT2D eigenvalue weighted by Gasteiger charge is 2.44. The topological polar surface area (TPSA) is 9.23 Å². The van der Waals surface area contributed by atoms with Gasteiger partial charge < -0.3 is 4.74 Å². The third kappa shape index (κ3) is 8.36. The van der Waals surface area contributed by atoms with Crippen LogP contribution in [0.5, 0.6) is 5.75 Å². The lowest BCUT2D eigenvalue weighted by Crippen LogP contribution is -2.37. The van der Waals surface area contributed by atoms with Gasteiger partial charge in [0, 0.05) is 17.2 Å². The van der Waals surface area contributed by atoms with E-state index in [0.717, 1.165) is 37.0 Å². The number of alkyl halides is 2. The average molecular weight is 605 g/mol. The van der Waals surface area contributed by atoms with Gasteiger partial charge in [0.25, 0.3) is 0 Å². The van der Waals surface area contributed by atoms with Gasteiger partial charge in [-0.05, 0) is 111 Å². The minimum Gasteiger partial charge on any atom is -0.432 e. The Hall–Kier alpha value is -2.96. The Bertz CT molecular complexity index is 1290. The van der Waals surface area contributed by atoms with Crippen molar-refractivity contribution < 1.29 is 31.1 Å². The van der Waals surface area contributed by atoms with Crippen LogP contribution in [0, 0.1) is 41.1 Å². The fourth-order valence-corrected chi connectivity index (χ4v) is 6.51. The Labute approximate surface area is 251 Å². The molecule has 2 saturated carbocycles. The van der Waals surface area contributed by atoms with Crippen LogP contribution in [0.1, 0.15) is 83.6 Å². The summed E-state index contributed by atoms with van der Waals surface area (Å²) < 4.78 is 94.4. The molecule has 0 aliphatic heterocycles. The minimum absolute atomic E-state index is 0.0259. The number of halogens is 6. The molecule has 0 N–H and O–H groups in total. The lowest BCUT2D eigenvalue weighted by molar-refractivity contribution is -0.223. The fourth-order valence-electron chi connectivity index (χ4n) is 6.51. The lowest BCUT2D eigenvalue weighted by Gasteiger charge is -2.34. The van der Waals surface area contributed by atoms with Crippen molar-refractivity contribution >= 4 is 0 Å². The average Bonchev–Trinajstić information content (AvgIpc) is 2.97. The van der Waals surface area contributed by atoms with Gasteiger partial charge in [0.05, 0.1) is 5.92 Å². The third-order valence-corrected chi connectivity index (χ3v) is 9.13. The first-order chi connectivity index (χ1) is 20.5. The van der Waals surface area contributed by atoms with Gasteiger partial charge in [0.15, 0.2) is 0 Å². The first-order valence-electron chi connectivity index (χ1n) is 15.6. The number of hydrogen-bond acceptors (Lipinski definition) is 1. The van der Waals surface area contributed by atoms with Crippen LogP contribution in [0.15, 0.2) is 66.5 Å². The van der Waals surface area contributed by atoms with E-state index in [0.29, 0.717) is 37.2 Å². The van der Waals surface area contributed by atoms with Crippen molar-refractivity contribution in [1.29, 1.82) is 0 Å². The van der Waals surface area contributed by atoms with Crippen molar-refractivity contribution in [1.82, 2.24) is 0 Å². The van der Waals surface area contributed by atoms with Crippen molar-refractivity contribution in [2.45, 2.75) is 90.6 Å². The van der Waals surface area contributed by atoms with Crippen molar-refractivity contribution in [2.75, 3.05) is 0 Å².